The minimum Gasteiger partial charge on any atom is -0.465 e. The molecule has 2 N–H and O–H groups in total. The van der Waals surface area contributed by atoms with Crippen LogP contribution in [-0.4, -0.2) is 63.3 Å². The van der Waals surface area contributed by atoms with Gasteiger partial charge in [0, 0.05) is 28.3 Å². The molecule has 0 saturated heterocycles. The molecule has 10 nitrogen and oxygen atoms in total. The minimum absolute atomic E-state index is 0.0382. The van der Waals surface area contributed by atoms with Gasteiger partial charge >= 0.3 is 5.97 Å². The Labute approximate surface area is 218 Å². The molecule has 37 heavy (non-hydrogen) atoms. The van der Waals surface area contributed by atoms with Crippen LogP contribution >= 0.6 is 11.6 Å². The van der Waals surface area contributed by atoms with Crippen LogP contribution in [0, 0.1) is 0 Å². The summed E-state index contributed by atoms with van der Waals surface area (Å²) in [6.07, 6.45) is 3.99. The summed E-state index contributed by atoms with van der Waals surface area (Å²) >= 11 is 6.41. The number of benzene rings is 2. The topological polar surface area (TPSA) is 126 Å². The third kappa shape index (κ3) is 5.21. The number of aromatic nitrogens is 2. The second kappa shape index (κ2) is 11.5. The van der Waals surface area contributed by atoms with Gasteiger partial charge in [-0.1, -0.05) is 37.1 Å². The summed E-state index contributed by atoms with van der Waals surface area (Å²) in [6.45, 7) is 3.66. The molecular weight excluding hydrogens is 498 g/mol. The predicted molar refractivity (Wildman–Crippen MR) is 140 cm³/mol. The number of nitrogens with one attached hydrogen (secondary N) is 1. The van der Waals surface area contributed by atoms with Crippen molar-refractivity contribution in [2.75, 3.05) is 25.2 Å². The lowest BCUT2D eigenvalue weighted by Gasteiger charge is -2.27. The summed E-state index contributed by atoms with van der Waals surface area (Å²) in [5.41, 5.74) is 4.76. The number of halogens is 1. The van der Waals surface area contributed by atoms with Crippen LogP contribution < -0.4 is 5.43 Å². The fourth-order valence-corrected chi connectivity index (χ4v) is 4.60. The van der Waals surface area contributed by atoms with E-state index in [1.54, 1.807) is 41.8 Å². The molecule has 1 aliphatic heterocycles. The number of hydrogen-bond donors (Lipinski definition) is 2. The maximum Gasteiger partial charge on any atom is 0.326 e. The molecule has 1 aliphatic rings. The lowest BCUT2D eigenvalue weighted by Crippen LogP contribution is -2.41. The molecule has 11 heteroatoms. The molecule has 0 atom stereocenters. The van der Waals surface area contributed by atoms with Gasteiger partial charge < -0.3 is 14.4 Å². The van der Waals surface area contributed by atoms with Gasteiger partial charge in [0.05, 0.1) is 31.7 Å². The van der Waals surface area contributed by atoms with Gasteiger partial charge in [0.15, 0.2) is 5.15 Å². The monoisotopic (exact) mass is 525 g/mol. The first kappa shape index (κ1) is 26.3. The van der Waals surface area contributed by atoms with Crippen molar-refractivity contribution in [1.82, 2.24) is 14.5 Å². The van der Waals surface area contributed by atoms with Crippen molar-refractivity contribution in [3.05, 3.63) is 58.1 Å². The summed E-state index contributed by atoms with van der Waals surface area (Å²) < 4.78 is 6.81. The number of β-amino-alcohol motifs (C(OH)–C–C–N with tert-alkyl or cyclic N) is 1. The summed E-state index contributed by atoms with van der Waals surface area (Å²) in [6, 6.07) is 8.51. The van der Waals surface area contributed by atoms with E-state index >= 15 is 0 Å². The number of rotatable bonds is 11. The molecule has 2 heterocycles. The van der Waals surface area contributed by atoms with Crippen molar-refractivity contribution in [1.29, 1.82) is 0 Å². The molecule has 0 fully saturated rings. The smallest absolute Gasteiger partial charge is 0.326 e. The Morgan fingerprint density at radius 2 is 1.95 bits per heavy atom. The zero-order chi connectivity index (χ0) is 26.5. The normalized spacial score (nSPS) is 13.1. The van der Waals surface area contributed by atoms with Crippen LogP contribution in [-0.2, 0) is 22.5 Å². The number of hydrazone groups is 1. The van der Waals surface area contributed by atoms with Crippen molar-refractivity contribution in [3.63, 3.8) is 0 Å². The van der Waals surface area contributed by atoms with Gasteiger partial charge in [-0.15, -0.1) is 0 Å². The van der Waals surface area contributed by atoms with Gasteiger partial charge in [0.25, 0.3) is 11.8 Å². The van der Waals surface area contributed by atoms with Crippen LogP contribution in [0.3, 0.4) is 0 Å². The quantitative estimate of drug-likeness (QED) is 0.169. The number of aryl methyl sites for hydroxylation is 1. The van der Waals surface area contributed by atoms with Crippen molar-refractivity contribution in [2.45, 2.75) is 39.7 Å². The number of esters is 1. The number of anilines is 1. The molecule has 1 aromatic heterocycles. The van der Waals surface area contributed by atoms with Gasteiger partial charge in [-0.25, -0.2) is 4.98 Å². The highest BCUT2D eigenvalue weighted by Gasteiger charge is 2.32. The molecule has 0 bridgehead atoms. The number of imide groups is 1. The number of aliphatic hydroxyl groups excluding tert-OH is 1. The Morgan fingerprint density at radius 1 is 1.19 bits per heavy atom. The molecule has 0 spiro atoms. The molecule has 0 saturated carbocycles. The van der Waals surface area contributed by atoms with E-state index in [1.807, 2.05) is 0 Å². The lowest BCUT2D eigenvalue weighted by molar-refractivity contribution is -0.143. The van der Waals surface area contributed by atoms with Gasteiger partial charge in [0.1, 0.15) is 18.1 Å². The van der Waals surface area contributed by atoms with Crippen molar-refractivity contribution >= 4 is 52.1 Å². The number of carbonyl (C=O) groups is 3. The number of amides is 2. The highest BCUT2D eigenvalue weighted by Crippen LogP contribution is 2.34. The standard InChI is InChI=1S/C26H28ClN5O5/c1-3-5-9-21-29-24(27)20(32(21)15-22(34)37-4-2)14-28-30-19-11-10-18-23-16(19)7-6-8-17(23)25(35)31(12-13-33)26(18)36/h6-8,10-11,14,30,33H,3-5,9,12-13,15H2,1-2H3/b28-14+. The SMILES string of the molecule is CCCCc1nc(Cl)c(/C=N/Nc2ccc3c4c(cccc24)C(=O)N(CCO)C3=O)n1CC(=O)OCC. The Hall–Kier alpha value is -3.76. The average Bonchev–Trinajstić information content (AvgIpc) is 3.17. The Balaban J connectivity index is 1.66. The lowest BCUT2D eigenvalue weighted by atomic mass is 9.93. The Kier molecular flexibility index (Phi) is 8.20. The van der Waals surface area contributed by atoms with E-state index in [9.17, 15) is 19.5 Å². The third-order valence-corrected chi connectivity index (χ3v) is 6.35. The minimum atomic E-state index is -0.452. The molecule has 194 valence electrons. The maximum atomic E-state index is 12.9. The van der Waals surface area contributed by atoms with Crippen LogP contribution in [0.2, 0.25) is 5.15 Å². The first-order valence-electron chi connectivity index (χ1n) is 12.1. The van der Waals surface area contributed by atoms with Crippen molar-refractivity contribution in [2.24, 2.45) is 5.10 Å². The van der Waals surface area contributed by atoms with Crippen LogP contribution in [0.25, 0.3) is 10.8 Å². The van der Waals surface area contributed by atoms with Crippen molar-refractivity contribution < 1.29 is 24.2 Å². The van der Waals surface area contributed by atoms with E-state index < -0.39 is 17.8 Å². The predicted octanol–water partition coefficient (Wildman–Crippen LogP) is 3.63. The molecule has 3 aromatic rings. The van der Waals surface area contributed by atoms with E-state index in [-0.39, 0.29) is 31.5 Å². The molecule has 0 unspecified atom stereocenters. The summed E-state index contributed by atoms with van der Waals surface area (Å²) in [7, 11) is 0. The fourth-order valence-electron chi connectivity index (χ4n) is 4.35. The number of imidazole rings is 1. The van der Waals surface area contributed by atoms with E-state index in [0.29, 0.717) is 45.5 Å². The average molecular weight is 526 g/mol. The molecule has 2 amide bonds. The molecule has 0 aliphatic carbocycles. The number of carbonyl (C=O) groups excluding carboxylic acids is 3. The number of hydrogen-bond acceptors (Lipinski definition) is 8. The van der Waals surface area contributed by atoms with Gasteiger partial charge in [-0.2, -0.15) is 5.10 Å². The number of ether oxygens (including phenoxy) is 1. The summed E-state index contributed by atoms with van der Waals surface area (Å²) in [5.74, 6) is -0.628. The zero-order valence-corrected chi connectivity index (χ0v) is 21.4. The summed E-state index contributed by atoms with van der Waals surface area (Å²) in [5, 5.41) is 15.0. The van der Waals surface area contributed by atoms with Gasteiger partial charge in [0.2, 0.25) is 0 Å². The highest BCUT2D eigenvalue weighted by molar-refractivity contribution is 6.31. The number of aliphatic hydroxyl groups is 1. The second-order valence-corrected chi connectivity index (χ2v) is 8.80. The van der Waals surface area contributed by atoms with Gasteiger partial charge in [-0.3, -0.25) is 24.7 Å². The third-order valence-electron chi connectivity index (χ3n) is 6.07. The fraction of sp³-hybridized carbons (Fsp3) is 0.346. The maximum absolute atomic E-state index is 12.9. The molecule has 4 rings (SSSR count). The van der Waals surface area contributed by atoms with E-state index in [1.165, 1.54) is 6.21 Å². The molecule has 2 aromatic carbocycles. The number of nitrogens with zero attached hydrogens (tertiary/aromatic N) is 4. The van der Waals surface area contributed by atoms with Crippen LogP contribution in [0.1, 0.15) is 58.9 Å². The molecule has 0 radical (unpaired) electrons. The first-order chi connectivity index (χ1) is 17.9. The first-order valence-corrected chi connectivity index (χ1v) is 12.5. The summed E-state index contributed by atoms with van der Waals surface area (Å²) in [4.78, 5) is 43.4. The molecular formula is C26H28ClN5O5. The van der Waals surface area contributed by atoms with E-state index in [2.05, 4.69) is 22.4 Å². The Morgan fingerprint density at radius 3 is 2.65 bits per heavy atom. The number of unbranched alkanes of at least 4 members (excludes halogenated alkanes) is 1. The second-order valence-electron chi connectivity index (χ2n) is 8.44. The highest BCUT2D eigenvalue weighted by atomic mass is 35.5. The van der Waals surface area contributed by atoms with E-state index in [4.69, 9.17) is 16.3 Å². The van der Waals surface area contributed by atoms with Crippen LogP contribution in [0.5, 0.6) is 0 Å². The zero-order valence-electron chi connectivity index (χ0n) is 20.7. The van der Waals surface area contributed by atoms with Crippen molar-refractivity contribution in [3.8, 4) is 0 Å². The Bertz CT molecular complexity index is 1360. The van der Waals surface area contributed by atoms with Crippen LogP contribution in [0.4, 0.5) is 5.69 Å². The van der Waals surface area contributed by atoms with E-state index in [0.717, 1.165) is 17.7 Å². The van der Waals surface area contributed by atoms with Crippen LogP contribution in [0.15, 0.2) is 35.4 Å². The van der Waals surface area contributed by atoms with Gasteiger partial charge in [-0.05, 0) is 31.5 Å². The largest absolute Gasteiger partial charge is 0.465 e.